The number of fused-ring (bicyclic) bond motifs is 3. The lowest BCUT2D eigenvalue weighted by Crippen LogP contribution is -2.73. The molecule has 10 heteroatoms. The molecule has 0 bridgehead atoms. The number of hydrogen-bond acceptors (Lipinski definition) is 10. The van der Waals surface area contributed by atoms with Gasteiger partial charge in [-0.2, -0.15) is 0 Å². The summed E-state index contributed by atoms with van der Waals surface area (Å²) in [7, 11) is 0. The Kier molecular flexibility index (Phi) is 6.20. The van der Waals surface area contributed by atoms with Crippen LogP contribution in [0.4, 0.5) is 0 Å². The molecule has 2 saturated heterocycles. The van der Waals surface area contributed by atoms with E-state index >= 15 is 0 Å². The second-order valence-corrected chi connectivity index (χ2v) is 10.8. The van der Waals surface area contributed by atoms with E-state index < -0.39 is 64.9 Å². The van der Waals surface area contributed by atoms with Crippen LogP contribution in [0.3, 0.4) is 0 Å². The molecule has 0 unspecified atom stereocenters. The van der Waals surface area contributed by atoms with Gasteiger partial charge in [0.2, 0.25) is 6.29 Å². The van der Waals surface area contributed by atoms with Crippen molar-refractivity contribution < 1.29 is 47.6 Å². The Balaban J connectivity index is 1.69. The van der Waals surface area contributed by atoms with Gasteiger partial charge < -0.3 is 33.2 Å². The average Bonchev–Trinajstić information content (AvgIpc) is 3.22. The molecular weight excluding hydrogens is 472 g/mol. The zero-order chi connectivity index (χ0) is 25.9. The van der Waals surface area contributed by atoms with Crippen molar-refractivity contribution in [2.45, 2.75) is 83.6 Å². The van der Waals surface area contributed by atoms with E-state index in [1.165, 1.54) is 20.8 Å². The number of aliphatic hydroxyl groups is 1. The SMILES string of the molecule is CC(=O)OC[C@]12[C@H](CCC[C@]13CO3)[C@@]1(C[C@@H](c3ccoc3)O[C@H]1OC(C)=O)[C@H](C)[C@@H](OC(C)=O)[C@@H]2O. The van der Waals surface area contributed by atoms with E-state index in [-0.39, 0.29) is 12.5 Å². The van der Waals surface area contributed by atoms with Crippen LogP contribution in [-0.4, -0.2) is 60.3 Å². The van der Waals surface area contributed by atoms with E-state index in [1.807, 2.05) is 6.92 Å². The second-order valence-electron chi connectivity index (χ2n) is 10.8. The van der Waals surface area contributed by atoms with Gasteiger partial charge in [0, 0.05) is 37.7 Å². The van der Waals surface area contributed by atoms with Gasteiger partial charge in [0.15, 0.2) is 0 Å². The second kappa shape index (κ2) is 8.85. The highest BCUT2D eigenvalue weighted by molar-refractivity contribution is 5.67. The number of hydrogen-bond donors (Lipinski definition) is 1. The summed E-state index contributed by atoms with van der Waals surface area (Å²) >= 11 is 0. The molecule has 4 fully saturated rings. The summed E-state index contributed by atoms with van der Waals surface area (Å²) in [6.07, 6.45) is 2.17. The Morgan fingerprint density at radius 1 is 1.14 bits per heavy atom. The van der Waals surface area contributed by atoms with Gasteiger partial charge in [-0.15, -0.1) is 0 Å². The van der Waals surface area contributed by atoms with Crippen molar-refractivity contribution in [3.63, 3.8) is 0 Å². The van der Waals surface area contributed by atoms with Gasteiger partial charge in [-0.3, -0.25) is 14.4 Å². The van der Waals surface area contributed by atoms with E-state index in [0.717, 1.165) is 12.0 Å². The maximum atomic E-state index is 12.3. The predicted molar refractivity (Wildman–Crippen MR) is 121 cm³/mol. The van der Waals surface area contributed by atoms with Gasteiger partial charge in [-0.05, 0) is 31.2 Å². The van der Waals surface area contributed by atoms with Crippen LogP contribution >= 0.6 is 0 Å². The lowest BCUT2D eigenvalue weighted by molar-refractivity contribution is -0.295. The zero-order valence-electron chi connectivity index (χ0n) is 21.1. The minimum Gasteiger partial charge on any atom is -0.472 e. The summed E-state index contributed by atoms with van der Waals surface area (Å²) in [5.74, 6) is -2.31. The lowest BCUT2D eigenvalue weighted by Gasteiger charge is -2.64. The Labute approximate surface area is 209 Å². The number of aliphatic hydroxyl groups excluding tert-OH is 1. The first-order valence-electron chi connectivity index (χ1n) is 12.5. The van der Waals surface area contributed by atoms with E-state index in [2.05, 4.69) is 0 Å². The molecule has 5 rings (SSSR count). The smallest absolute Gasteiger partial charge is 0.304 e. The Morgan fingerprint density at radius 2 is 1.86 bits per heavy atom. The van der Waals surface area contributed by atoms with Crippen molar-refractivity contribution in [1.82, 2.24) is 0 Å². The molecule has 2 spiro atoms. The Hall–Kier alpha value is -2.43. The molecule has 2 aliphatic carbocycles. The number of rotatable bonds is 5. The van der Waals surface area contributed by atoms with E-state index in [0.29, 0.717) is 25.9 Å². The number of carbonyl (C=O) groups is 3. The summed E-state index contributed by atoms with van der Waals surface area (Å²) in [6, 6.07) is 1.80. The molecule has 3 heterocycles. The first-order valence-corrected chi connectivity index (χ1v) is 12.5. The summed E-state index contributed by atoms with van der Waals surface area (Å²) in [5, 5.41) is 12.0. The molecule has 1 aromatic heterocycles. The van der Waals surface area contributed by atoms with Crippen LogP contribution in [0.2, 0.25) is 0 Å². The van der Waals surface area contributed by atoms with Gasteiger partial charge in [-0.25, -0.2) is 0 Å². The molecule has 2 aliphatic heterocycles. The third-order valence-corrected chi connectivity index (χ3v) is 9.13. The van der Waals surface area contributed by atoms with Gasteiger partial charge in [-0.1, -0.05) is 13.3 Å². The summed E-state index contributed by atoms with van der Waals surface area (Å²) in [4.78, 5) is 36.6. The molecule has 1 N–H and O–H groups in total. The largest absolute Gasteiger partial charge is 0.472 e. The van der Waals surface area contributed by atoms with E-state index in [9.17, 15) is 19.5 Å². The highest BCUT2D eigenvalue weighted by atomic mass is 16.7. The third-order valence-electron chi connectivity index (χ3n) is 9.13. The fourth-order valence-corrected chi connectivity index (χ4v) is 7.60. The number of ether oxygens (including phenoxy) is 5. The molecular formula is C26H34O10. The normalized spacial score (nSPS) is 43.1. The molecule has 0 amide bonds. The van der Waals surface area contributed by atoms with E-state index in [4.69, 9.17) is 28.1 Å². The van der Waals surface area contributed by atoms with Crippen molar-refractivity contribution >= 4 is 17.9 Å². The van der Waals surface area contributed by atoms with Gasteiger partial charge in [0.25, 0.3) is 0 Å². The maximum Gasteiger partial charge on any atom is 0.304 e. The van der Waals surface area contributed by atoms with Crippen molar-refractivity contribution in [3.8, 4) is 0 Å². The van der Waals surface area contributed by atoms with Crippen molar-refractivity contribution in [3.05, 3.63) is 24.2 Å². The lowest BCUT2D eigenvalue weighted by atomic mass is 9.41. The molecule has 1 aromatic rings. The average molecular weight is 507 g/mol. The maximum absolute atomic E-state index is 12.3. The molecule has 198 valence electrons. The quantitative estimate of drug-likeness (QED) is 0.361. The van der Waals surface area contributed by atoms with Crippen LogP contribution in [-0.2, 0) is 38.1 Å². The van der Waals surface area contributed by atoms with Crippen molar-refractivity contribution in [2.75, 3.05) is 13.2 Å². The first-order chi connectivity index (χ1) is 17.1. The Bertz CT molecular complexity index is 1020. The first kappa shape index (κ1) is 25.2. The monoisotopic (exact) mass is 506 g/mol. The standard InChI is InChI=1S/C26H34O10/c1-14-21(34-16(3)28)22(30)26(13-32-15(2)27)20(6-5-8-24(26)12-33-24)25(14)10-19(18-7-9-31-11-18)36-23(25)35-17(4)29/h7,9,11,14,19-23,30H,5-6,8,10,12-13H2,1-4H3/t14-,19+,20-,21-,22+,23-,24+,25-,26-/m1/s1. The molecule has 0 aromatic carbocycles. The topological polar surface area (TPSA) is 134 Å². The predicted octanol–water partition coefficient (Wildman–Crippen LogP) is 2.68. The molecule has 0 radical (unpaired) electrons. The van der Waals surface area contributed by atoms with Crippen LogP contribution < -0.4 is 0 Å². The number of epoxide rings is 1. The van der Waals surface area contributed by atoms with Gasteiger partial charge in [0.05, 0.1) is 30.7 Å². The molecule has 4 aliphatic rings. The zero-order valence-corrected chi connectivity index (χ0v) is 21.1. The van der Waals surface area contributed by atoms with Crippen LogP contribution in [0.25, 0.3) is 0 Å². The molecule has 36 heavy (non-hydrogen) atoms. The van der Waals surface area contributed by atoms with Gasteiger partial charge >= 0.3 is 17.9 Å². The fourth-order valence-electron chi connectivity index (χ4n) is 7.60. The van der Waals surface area contributed by atoms with E-state index in [1.54, 1.807) is 18.6 Å². The van der Waals surface area contributed by atoms with Crippen molar-refractivity contribution in [2.24, 2.45) is 22.7 Å². The highest BCUT2D eigenvalue weighted by Gasteiger charge is 2.80. The third kappa shape index (κ3) is 3.60. The number of furan rings is 1. The molecule has 2 saturated carbocycles. The Morgan fingerprint density at radius 3 is 2.44 bits per heavy atom. The fraction of sp³-hybridized carbons (Fsp3) is 0.731. The number of esters is 3. The molecule has 10 nitrogen and oxygen atoms in total. The van der Waals surface area contributed by atoms with Crippen LogP contribution in [0.5, 0.6) is 0 Å². The number of carbonyl (C=O) groups excluding carboxylic acids is 3. The minimum atomic E-state index is -1.17. The highest BCUT2D eigenvalue weighted by Crippen LogP contribution is 2.72. The molecule has 9 atom stereocenters. The van der Waals surface area contributed by atoms with Crippen molar-refractivity contribution in [1.29, 1.82) is 0 Å². The van der Waals surface area contributed by atoms with Crippen LogP contribution in [0.1, 0.15) is 65.0 Å². The van der Waals surface area contributed by atoms with Crippen LogP contribution in [0, 0.1) is 22.7 Å². The van der Waals surface area contributed by atoms with Gasteiger partial charge in [0.1, 0.15) is 24.4 Å². The summed E-state index contributed by atoms with van der Waals surface area (Å²) < 4.78 is 35.0. The minimum absolute atomic E-state index is 0.108. The summed E-state index contributed by atoms with van der Waals surface area (Å²) in [5.41, 5.74) is -1.90. The summed E-state index contributed by atoms with van der Waals surface area (Å²) in [6.45, 7) is 6.13. The van der Waals surface area contributed by atoms with Crippen LogP contribution in [0.15, 0.2) is 23.0 Å².